The van der Waals surface area contributed by atoms with Crippen molar-refractivity contribution in [2.75, 3.05) is 0 Å². The zero-order valence-corrected chi connectivity index (χ0v) is 18.8. The highest BCUT2D eigenvalue weighted by molar-refractivity contribution is 7.99. The number of hydrogen-bond donors (Lipinski definition) is 1. The fourth-order valence-corrected chi connectivity index (χ4v) is 7.13. The molecule has 30 heavy (non-hydrogen) atoms. The van der Waals surface area contributed by atoms with Gasteiger partial charge in [-0.3, -0.25) is 9.20 Å². The number of rotatable bonds is 4. The van der Waals surface area contributed by atoms with Crippen LogP contribution >= 0.6 is 45.8 Å². The summed E-state index contributed by atoms with van der Waals surface area (Å²) in [5.74, 6) is 0.647. The fraction of sp³-hybridized carbons (Fsp3) is 0.100. The molecular formula is C20H13N5OS4. The minimum atomic E-state index is -0.0977. The Morgan fingerprint density at radius 3 is 2.90 bits per heavy atom. The minimum absolute atomic E-state index is 0.0829. The predicted octanol–water partition coefficient (Wildman–Crippen LogP) is 5.82. The van der Waals surface area contributed by atoms with E-state index in [1.54, 1.807) is 34.4 Å². The van der Waals surface area contributed by atoms with Crippen LogP contribution in [0, 0.1) is 0 Å². The number of fused-ring (bicyclic) bond motifs is 4. The van der Waals surface area contributed by atoms with Crippen LogP contribution in [0.3, 0.4) is 0 Å². The van der Waals surface area contributed by atoms with Crippen molar-refractivity contribution in [2.24, 2.45) is 0 Å². The molecule has 1 N–H and O–H groups in total. The number of thiazole rings is 1. The molecule has 1 unspecified atom stereocenters. The van der Waals surface area contributed by atoms with Gasteiger partial charge in [0, 0.05) is 15.8 Å². The van der Waals surface area contributed by atoms with Gasteiger partial charge < -0.3 is 4.98 Å². The molecular weight excluding hydrogens is 455 g/mol. The van der Waals surface area contributed by atoms with Crippen molar-refractivity contribution < 1.29 is 0 Å². The summed E-state index contributed by atoms with van der Waals surface area (Å²) in [6.07, 6.45) is 0. The summed E-state index contributed by atoms with van der Waals surface area (Å²) in [4.78, 5) is 23.4. The van der Waals surface area contributed by atoms with Crippen LogP contribution in [0.15, 0.2) is 57.1 Å². The second-order valence-corrected chi connectivity index (χ2v) is 10.8. The van der Waals surface area contributed by atoms with Gasteiger partial charge in [-0.05, 0) is 30.5 Å². The van der Waals surface area contributed by atoms with Gasteiger partial charge >= 0.3 is 0 Å². The summed E-state index contributed by atoms with van der Waals surface area (Å²) in [5, 5.41) is 14.1. The minimum Gasteiger partial charge on any atom is -0.309 e. The lowest BCUT2D eigenvalue weighted by molar-refractivity contribution is 0.894. The first-order valence-electron chi connectivity index (χ1n) is 9.13. The highest BCUT2D eigenvalue weighted by Gasteiger charge is 2.20. The average Bonchev–Trinajstić information content (AvgIpc) is 3.52. The van der Waals surface area contributed by atoms with Crippen molar-refractivity contribution in [3.05, 3.63) is 63.3 Å². The molecule has 6 nitrogen and oxygen atoms in total. The smallest absolute Gasteiger partial charge is 0.260 e. The van der Waals surface area contributed by atoms with E-state index in [9.17, 15) is 4.79 Å². The number of para-hydroxylation sites is 1. The van der Waals surface area contributed by atoms with Gasteiger partial charge in [-0.2, -0.15) is 0 Å². The maximum atomic E-state index is 12.9. The molecule has 0 bridgehead atoms. The van der Waals surface area contributed by atoms with Gasteiger partial charge in [0.1, 0.15) is 10.7 Å². The van der Waals surface area contributed by atoms with Crippen molar-refractivity contribution in [3.8, 4) is 10.4 Å². The molecule has 0 saturated heterocycles. The summed E-state index contributed by atoms with van der Waals surface area (Å²) in [6, 6.07) is 12.2. The van der Waals surface area contributed by atoms with Crippen molar-refractivity contribution in [2.45, 2.75) is 17.3 Å². The molecule has 148 valence electrons. The van der Waals surface area contributed by atoms with Crippen molar-refractivity contribution in [1.82, 2.24) is 24.6 Å². The standard InChI is InChI=1S/C20H13N5OS4/c1-10(29-19-23-24-20-25(19)12-5-2-3-6-14(12)30-20)16-21-17(26)15-11(9-28-18(15)22-16)13-7-4-8-27-13/h2-10H,1H3,(H,21,22,26). The zero-order valence-electron chi connectivity index (χ0n) is 15.5. The van der Waals surface area contributed by atoms with Crippen LogP contribution < -0.4 is 5.56 Å². The number of nitrogens with one attached hydrogen (secondary N) is 1. The number of aromatic amines is 1. The Balaban J connectivity index is 1.40. The molecule has 1 aromatic carbocycles. The first kappa shape index (κ1) is 18.3. The second kappa shape index (κ2) is 7.02. The molecule has 0 saturated carbocycles. The largest absolute Gasteiger partial charge is 0.309 e. The van der Waals surface area contributed by atoms with Crippen LogP contribution in [0.5, 0.6) is 0 Å². The van der Waals surface area contributed by atoms with Gasteiger partial charge in [0.05, 0.1) is 20.9 Å². The number of H-pyrrole nitrogens is 1. The SMILES string of the molecule is CC(Sc1nnc2sc3ccccc3n12)c1nc2scc(-c3cccs3)c2c(=O)[nH]1. The molecule has 5 heterocycles. The van der Waals surface area contributed by atoms with Gasteiger partial charge in [-0.15, -0.1) is 32.9 Å². The molecule has 0 spiro atoms. The summed E-state index contributed by atoms with van der Waals surface area (Å²) in [7, 11) is 0. The molecule has 0 aliphatic carbocycles. The number of thioether (sulfide) groups is 1. The number of benzene rings is 1. The normalized spacial score (nSPS) is 13.0. The number of nitrogens with zero attached hydrogens (tertiary/aromatic N) is 4. The second-order valence-electron chi connectivity index (χ2n) is 6.69. The Morgan fingerprint density at radius 1 is 1.13 bits per heavy atom. The molecule has 6 rings (SSSR count). The first-order chi connectivity index (χ1) is 14.7. The first-order valence-corrected chi connectivity index (χ1v) is 12.6. The zero-order chi connectivity index (χ0) is 20.2. The fourth-order valence-electron chi connectivity index (χ4n) is 3.42. The maximum Gasteiger partial charge on any atom is 0.260 e. The molecule has 0 amide bonds. The Kier molecular flexibility index (Phi) is 4.27. The van der Waals surface area contributed by atoms with Crippen molar-refractivity contribution >= 4 is 71.2 Å². The van der Waals surface area contributed by atoms with Gasteiger partial charge in [-0.1, -0.05) is 41.3 Å². The van der Waals surface area contributed by atoms with Gasteiger partial charge in [-0.25, -0.2) is 4.98 Å². The highest BCUT2D eigenvalue weighted by atomic mass is 32.2. The van der Waals surface area contributed by atoms with E-state index < -0.39 is 0 Å². The van der Waals surface area contributed by atoms with E-state index in [1.165, 1.54) is 16.0 Å². The lowest BCUT2D eigenvalue weighted by atomic mass is 10.2. The van der Waals surface area contributed by atoms with Gasteiger partial charge in [0.15, 0.2) is 5.16 Å². The third-order valence-corrected chi connectivity index (χ3v) is 8.67. The Bertz CT molecular complexity index is 1570. The van der Waals surface area contributed by atoms with Crippen LogP contribution in [-0.2, 0) is 0 Å². The Labute approximate surface area is 186 Å². The van der Waals surface area contributed by atoms with E-state index in [0.29, 0.717) is 11.2 Å². The number of thiophene rings is 2. The highest BCUT2D eigenvalue weighted by Crippen LogP contribution is 2.37. The third kappa shape index (κ3) is 2.83. The van der Waals surface area contributed by atoms with E-state index in [1.807, 2.05) is 41.9 Å². The summed E-state index contributed by atoms with van der Waals surface area (Å²) >= 11 is 6.29. The summed E-state index contributed by atoms with van der Waals surface area (Å²) in [6.45, 7) is 2.03. The molecule has 1 atom stereocenters. The van der Waals surface area contributed by atoms with Crippen LogP contribution in [0.2, 0.25) is 0 Å². The summed E-state index contributed by atoms with van der Waals surface area (Å²) < 4.78 is 3.24. The molecule has 10 heteroatoms. The molecule has 0 aliphatic rings. The molecule has 5 aromatic heterocycles. The lowest BCUT2D eigenvalue weighted by Crippen LogP contribution is -2.12. The van der Waals surface area contributed by atoms with Crippen LogP contribution in [0.25, 0.3) is 35.8 Å². The molecule has 0 radical (unpaired) electrons. The Hall–Kier alpha value is -2.53. The number of aromatic nitrogens is 5. The van der Waals surface area contributed by atoms with Crippen molar-refractivity contribution in [3.63, 3.8) is 0 Å². The van der Waals surface area contributed by atoms with E-state index >= 15 is 0 Å². The number of hydrogen-bond acceptors (Lipinski definition) is 8. The van der Waals surface area contributed by atoms with E-state index in [-0.39, 0.29) is 10.8 Å². The van der Waals surface area contributed by atoms with Crippen LogP contribution in [0.4, 0.5) is 0 Å². The van der Waals surface area contributed by atoms with Gasteiger partial charge in [0.25, 0.3) is 5.56 Å². The van der Waals surface area contributed by atoms with Crippen LogP contribution in [0.1, 0.15) is 18.0 Å². The lowest BCUT2D eigenvalue weighted by Gasteiger charge is -2.09. The van der Waals surface area contributed by atoms with E-state index in [4.69, 9.17) is 4.98 Å². The monoisotopic (exact) mass is 467 g/mol. The molecule has 0 aliphatic heterocycles. The van der Waals surface area contributed by atoms with Crippen LogP contribution in [-0.4, -0.2) is 24.6 Å². The average molecular weight is 468 g/mol. The summed E-state index contributed by atoms with van der Waals surface area (Å²) in [5.41, 5.74) is 1.95. The third-order valence-electron chi connectivity index (χ3n) is 4.83. The van der Waals surface area contributed by atoms with E-state index in [2.05, 4.69) is 31.7 Å². The quantitative estimate of drug-likeness (QED) is 0.330. The predicted molar refractivity (Wildman–Crippen MR) is 126 cm³/mol. The molecule has 0 fully saturated rings. The topological polar surface area (TPSA) is 75.9 Å². The Morgan fingerprint density at radius 2 is 2.03 bits per heavy atom. The molecule has 6 aromatic rings. The van der Waals surface area contributed by atoms with E-state index in [0.717, 1.165) is 30.9 Å². The van der Waals surface area contributed by atoms with Gasteiger partial charge in [0.2, 0.25) is 4.96 Å². The van der Waals surface area contributed by atoms with Crippen molar-refractivity contribution in [1.29, 1.82) is 0 Å². The maximum absolute atomic E-state index is 12.9.